The highest BCUT2D eigenvalue weighted by Crippen LogP contribution is 2.27. The van der Waals surface area contributed by atoms with Crippen LogP contribution in [0, 0.1) is 3.57 Å². The number of rotatable bonds is 2. The second-order valence-corrected chi connectivity index (χ2v) is 3.24. The lowest BCUT2D eigenvalue weighted by Gasteiger charge is -2.14. The Morgan fingerprint density at radius 1 is 1.50 bits per heavy atom. The molecule has 0 aromatic carbocycles. The molecule has 2 nitrogen and oxygen atoms in total. The molecule has 1 heterocycles. The fraction of sp³-hybridized carbons (Fsp3) is 0.400. The topological polar surface area (TPSA) is 17.8 Å². The number of halogens is 5. The molecule has 0 spiro atoms. The molecular weight excluding hydrogens is 291 g/mol. The third kappa shape index (κ3) is 1.70. The Morgan fingerprint density at radius 3 is 2.42 bits per heavy atom. The molecule has 0 fully saturated rings. The van der Waals surface area contributed by atoms with Gasteiger partial charge < -0.3 is 0 Å². The molecule has 0 aliphatic heterocycles. The van der Waals surface area contributed by atoms with Crippen LogP contribution in [0.15, 0.2) is 12.4 Å². The summed E-state index contributed by atoms with van der Waals surface area (Å²) >= 11 is 1.70. The van der Waals surface area contributed by atoms with Crippen molar-refractivity contribution in [2.24, 2.45) is 0 Å². The van der Waals surface area contributed by atoms with E-state index in [9.17, 15) is 17.6 Å². The summed E-state index contributed by atoms with van der Waals surface area (Å²) in [6.07, 6.45) is -1.81. The molecular formula is C5H3F4IN2. The van der Waals surface area contributed by atoms with Crippen LogP contribution in [-0.2, 0) is 6.05 Å². The van der Waals surface area contributed by atoms with E-state index in [0.717, 1.165) is 12.4 Å². The molecule has 0 atom stereocenters. The molecule has 12 heavy (non-hydrogen) atoms. The number of hydrogen-bond acceptors (Lipinski definition) is 1. The van der Waals surface area contributed by atoms with E-state index < -0.39 is 12.5 Å². The molecule has 7 heteroatoms. The van der Waals surface area contributed by atoms with Gasteiger partial charge in [0.2, 0.25) is 0 Å². The van der Waals surface area contributed by atoms with Crippen molar-refractivity contribution < 1.29 is 17.6 Å². The summed E-state index contributed by atoms with van der Waals surface area (Å²) in [7, 11) is 0. The number of aromatic nitrogens is 2. The smallest absolute Gasteiger partial charge is 0.203 e. The van der Waals surface area contributed by atoms with E-state index in [1.54, 1.807) is 22.6 Å². The largest absolute Gasteiger partial charge is 0.403 e. The summed E-state index contributed by atoms with van der Waals surface area (Å²) in [5.74, 6) is 0. The first-order chi connectivity index (χ1) is 5.44. The van der Waals surface area contributed by atoms with Crippen LogP contribution >= 0.6 is 22.6 Å². The lowest BCUT2D eigenvalue weighted by atomic mass is 10.6. The van der Waals surface area contributed by atoms with Gasteiger partial charge in [-0.05, 0) is 22.6 Å². The van der Waals surface area contributed by atoms with E-state index in [2.05, 4.69) is 5.10 Å². The zero-order chi connectivity index (χ0) is 9.35. The summed E-state index contributed by atoms with van der Waals surface area (Å²) in [5.41, 5.74) is 0. The van der Waals surface area contributed by atoms with Crippen LogP contribution in [-0.4, -0.2) is 16.2 Å². The monoisotopic (exact) mass is 294 g/mol. The van der Waals surface area contributed by atoms with Gasteiger partial charge in [-0.2, -0.15) is 13.9 Å². The van der Waals surface area contributed by atoms with Gasteiger partial charge in [-0.3, -0.25) is 0 Å². The van der Waals surface area contributed by atoms with Gasteiger partial charge >= 0.3 is 12.5 Å². The van der Waals surface area contributed by atoms with E-state index in [1.165, 1.54) is 0 Å². The van der Waals surface area contributed by atoms with Gasteiger partial charge in [0, 0.05) is 6.20 Å². The summed E-state index contributed by atoms with van der Waals surface area (Å²) in [5, 5.41) is 3.09. The zero-order valence-electron chi connectivity index (χ0n) is 5.52. The van der Waals surface area contributed by atoms with Gasteiger partial charge in [0.15, 0.2) is 0 Å². The van der Waals surface area contributed by atoms with Crippen molar-refractivity contribution in [1.29, 1.82) is 0 Å². The van der Waals surface area contributed by atoms with Crippen LogP contribution in [0.1, 0.15) is 0 Å². The quantitative estimate of drug-likeness (QED) is 0.604. The molecule has 68 valence electrons. The maximum atomic E-state index is 12.4. The van der Waals surface area contributed by atoms with E-state index in [4.69, 9.17) is 0 Å². The Morgan fingerprint density at radius 2 is 2.08 bits per heavy atom. The van der Waals surface area contributed by atoms with Crippen LogP contribution in [0.4, 0.5) is 17.6 Å². The van der Waals surface area contributed by atoms with Crippen molar-refractivity contribution in [3.63, 3.8) is 0 Å². The predicted octanol–water partition coefficient (Wildman–Crippen LogP) is 2.30. The van der Waals surface area contributed by atoms with Crippen LogP contribution in [0.2, 0.25) is 0 Å². The van der Waals surface area contributed by atoms with Crippen LogP contribution in [0.3, 0.4) is 0 Å². The van der Waals surface area contributed by atoms with Crippen molar-refractivity contribution >= 4 is 22.6 Å². The second kappa shape index (κ2) is 3.19. The molecule has 0 N–H and O–H groups in total. The van der Waals surface area contributed by atoms with Crippen molar-refractivity contribution in [1.82, 2.24) is 9.78 Å². The molecule has 1 aromatic heterocycles. The maximum absolute atomic E-state index is 12.4. The van der Waals surface area contributed by atoms with Crippen LogP contribution in [0.5, 0.6) is 0 Å². The van der Waals surface area contributed by atoms with Gasteiger partial charge in [-0.1, -0.05) is 0 Å². The summed E-state index contributed by atoms with van der Waals surface area (Å²) < 4.78 is 48.6. The fourth-order valence-electron chi connectivity index (χ4n) is 0.564. The molecule has 0 amide bonds. The van der Waals surface area contributed by atoms with Crippen molar-refractivity contribution in [3.8, 4) is 0 Å². The lowest BCUT2D eigenvalue weighted by Crippen LogP contribution is -2.31. The first kappa shape index (κ1) is 9.75. The maximum Gasteiger partial charge on any atom is 0.403 e. The van der Waals surface area contributed by atoms with Gasteiger partial charge in [0.1, 0.15) is 0 Å². The van der Waals surface area contributed by atoms with Crippen molar-refractivity contribution in [3.05, 3.63) is 16.0 Å². The number of alkyl halides is 4. The Bertz CT molecular complexity index is 272. The number of nitrogens with zero attached hydrogens (tertiary/aromatic N) is 2. The molecule has 1 rings (SSSR count). The Labute approximate surface area is 78.7 Å². The molecule has 0 saturated carbocycles. The predicted molar refractivity (Wildman–Crippen MR) is 41.1 cm³/mol. The average molecular weight is 294 g/mol. The molecule has 0 unspecified atom stereocenters. The third-order valence-corrected chi connectivity index (χ3v) is 1.68. The van der Waals surface area contributed by atoms with E-state index >= 15 is 0 Å². The van der Waals surface area contributed by atoms with Gasteiger partial charge in [0.05, 0.1) is 9.77 Å². The normalized spacial score (nSPS) is 12.5. The highest BCUT2D eigenvalue weighted by atomic mass is 127. The molecule has 0 aliphatic carbocycles. The Balaban J connectivity index is 2.97. The van der Waals surface area contributed by atoms with Crippen LogP contribution in [0.25, 0.3) is 0 Å². The number of hydrogen-bond donors (Lipinski definition) is 0. The highest BCUT2D eigenvalue weighted by molar-refractivity contribution is 14.1. The van der Waals surface area contributed by atoms with Gasteiger partial charge in [0.25, 0.3) is 0 Å². The average Bonchev–Trinajstić information content (AvgIpc) is 2.35. The van der Waals surface area contributed by atoms with Crippen LogP contribution < -0.4 is 0 Å². The SMILES string of the molecule is FC(F)C(F)(F)n1cc(I)cn1. The Kier molecular flexibility index (Phi) is 2.59. The Hall–Kier alpha value is -0.340. The fourth-order valence-corrected chi connectivity index (χ4v) is 0.952. The van der Waals surface area contributed by atoms with Crippen molar-refractivity contribution in [2.45, 2.75) is 12.5 Å². The van der Waals surface area contributed by atoms with E-state index in [0.29, 0.717) is 3.57 Å². The van der Waals surface area contributed by atoms with Gasteiger partial charge in [-0.15, -0.1) is 0 Å². The van der Waals surface area contributed by atoms with Gasteiger partial charge in [-0.25, -0.2) is 13.5 Å². The molecule has 0 bridgehead atoms. The lowest BCUT2D eigenvalue weighted by molar-refractivity contribution is -0.196. The molecule has 0 radical (unpaired) electrons. The summed E-state index contributed by atoms with van der Waals surface area (Å²) in [4.78, 5) is 0. The standard InChI is InChI=1S/C5H3F4IN2/c6-4(7)5(8,9)12-2-3(10)1-11-12/h1-2,4H. The van der Waals surface area contributed by atoms with E-state index in [1.807, 2.05) is 0 Å². The summed E-state index contributed by atoms with van der Waals surface area (Å²) in [6, 6.07) is -4.22. The molecule has 1 aromatic rings. The molecule has 0 saturated heterocycles. The third-order valence-electron chi connectivity index (χ3n) is 1.12. The minimum atomic E-state index is -4.22. The second-order valence-electron chi connectivity index (χ2n) is 1.99. The first-order valence-corrected chi connectivity index (χ1v) is 3.89. The minimum Gasteiger partial charge on any atom is -0.203 e. The highest BCUT2D eigenvalue weighted by Gasteiger charge is 2.43. The minimum absolute atomic E-state index is 0.0422. The zero-order valence-corrected chi connectivity index (χ0v) is 7.67. The van der Waals surface area contributed by atoms with E-state index in [-0.39, 0.29) is 4.68 Å². The van der Waals surface area contributed by atoms with Crippen molar-refractivity contribution in [2.75, 3.05) is 0 Å². The summed E-state index contributed by atoms with van der Waals surface area (Å²) in [6.45, 7) is 0. The molecule has 0 aliphatic rings. The first-order valence-electron chi connectivity index (χ1n) is 2.81.